The van der Waals surface area contributed by atoms with E-state index in [4.69, 9.17) is 16.9 Å². The lowest BCUT2D eigenvalue weighted by Gasteiger charge is -2.22. The first-order valence-electron chi connectivity index (χ1n) is 5.71. The van der Waals surface area contributed by atoms with Gasteiger partial charge in [-0.2, -0.15) is 15.0 Å². The first kappa shape index (κ1) is 12.4. The molecule has 1 atom stereocenters. The second-order valence-corrected chi connectivity index (χ2v) is 4.62. The number of aromatic nitrogens is 2. The number of carbonyl (C=O) groups excluding carboxylic acids is 2. The maximum Gasteiger partial charge on any atom is 0.265 e. The van der Waals surface area contributed by atoms with Gasteiger partial charge in [0.1, 0.15) is 17.6 Å². The molecule has 0 spiro atoms. The molecular weight excluding hydrogens is 280 g/mol. The fraction of sp³-hybridized carbons (Fsp3) is 0.0769. The summed E-state index contributed by atoms with van der Waals surface area (Å²) in [6.45, 7) is 0. The van der Waals surface area contributed by atoms with Crippen LogP contribution in [0.2, 0.25) is 5.02 Å². The quantitative estimate of drug-likeness (QED) is 0.810. The van der Waals surface area contributed by atoms with Gasteiger partial charge in [0.25, 0.3) is 5.91 Å². The Morgan fingerprint density at radius 3 is 2.80 bits per heavy atom. The Bertz CT molecular complexity index is 775. The van der Waals surface area contributed by atoms with Gasteiger partial charge in [0.15, 0.2) is 5.82 Å². The number of carbonyl (C=O) groups is 2. The van der Waals surface area contributed by atoms with Crippen molar-refractivity contribution >= 4 is 29.2 Å². The lowest BCUT2D eigenvalue weighted by atomic mass is 9.96. The molecule has 0 bridgehead atoms. The highest BCUT2D eigenvalue weighted by Crippen LogP contribution is 2.31. The van der Waals surface area contributed by atoms with Crippen LogP contribution in [0.1, 0.15) is 21.8 Å². The van der Waals surface area contributed by atoms with Gasteiger partial charge in [0.2, 0.25) is 5.91 Å². The van der Waals surface area contributed by atoms with Gasteiger partial charge >= 0.3 is 0 Å². The maximum atomic E-state index is 12.4. The third kappa shape index (κ3) is 1.68. The zero-order chi connectivity index (χ0) is 14.3. The molecule has 1 aromatic heterocycles. The van der Waals surface area contributed by atoms with E-state index in [1.165, 1.54) is 6.20 Å². The van der Waals surface area contributed by atoms with Gasteiger partial charge in [0, 0.05) is 5.02 Å². The zero-order valence-corrected chi connectivity index (χ0v) is 10.8. The molecule has 1 aromatic carbocycles. The van der Waals surface area contributed by atoms with E-state index in [1.54, 1.807) is 24.3 Å². The van der Waals surface area contributed by atoms with Crippen LogP contribution in [0.25, 0.3) is 0 Å². The van der Waals surface area contributed by atoms with E-state index < -0.39 is 17.7 Å². The highest BCUT2D eigenvalue weighted by molar-refractivity contribution is 6.32. The standard InChI is InChI=1S/C13H7ClN4O2/c14-9-4-2-1-3-8(9)10-12(19)17-11-7(5-15)6-16-18(11)13(10)20/h1-4,6,10H,(H,17,19). The number of halogens is 1. The van der Waals surface area contributed by atoms with Gasteiger partial charge in [0.05, 0.1) is 6.20 Å². The number of fused-ring (bicyclic) bond motifs is 1. The number of nitriles is 1. The molecule has 2 heterocycles. The Hall–Kier alpha value is -2.65. The summed E-state index contributed by atoms with van der Waals surface area (Å²) < 4.78 is 1.02. The van der Waals surface area contributed by atoms with Crippen molar-refractivity contribution < 1.29 is 9.59 Å². The van der Waals surface area contributed by atoms with Gasteiger partial charge in [-0.15, -0.1) is 0 Å². The average Bonchev–Trinajstić information content (AvgIpc) is 2.84. The van der Waals surface area contributed by atoms with Gasteiger partial charge in [-0.1, -0.05) is 29.8 Å². The number of rotatable bonds is 1. The summed E-state index contributed by atoms with van der Waals surface area (Å²) in [5.74, 6) is -2.01. The molecule has 7 heteroatoms. The third-order valence-electron chi connectivity index (χ3n) is 3.07. The molecule has 1 unspecified atom stereocenters. The Balaban J connectivity index is 2.13. The third-order valence-corrected chi connectivity index (χ3v) is 3.41. The summed E-state index contributed by atoms with van der Waals surface area (Å²) in [5, 5.41) is 15.6. The van der Waals surface area contributed by atoms with Gasteiger partial charge in [-0.3, -0.25) is 9.59 Å². The van der Waals surface area contributed by atoms with E-state index in [1.807, 2.05) is 6.07 Å². The fourth-order valence-electron chi connectivity index (χ4n) is 2.12. The molecule has 2 aromatic rings. The summed E-state index contributed by atoms with van der Waals surface area (Å²) in [7, 11) is 0. The van der Waals surface area contributed by atoms with Crippen LogP contribution < -0.4 is 5.32 Å². The Morgan fingerprint density at radius 1 is 1.35 bits per heavy atom. The number of anilines is 1. The van der Waals surface area contributed by atoms with Crippen molar-refractivity contribution in [3.8, 4) is 6.07 Å². The fourth-order valence-corrected chi connectivity index (χ4v) is 2.37. The van der Waals surface area contributed by atoms with E-state index in [0.29, 0.717) is 10.6 Å². The Labute approximate surface area is 118 Å². The minimum atomic E-state index is -1.07. The lowest BCUT2D eigenvalue weighted by Crippen LogP contribution is -2.38. The molecule has 1 amide bonds. The number of benzene rings is 1. The highest BCUT2D eigenvalue weighted by atomic mass is 35.5. The number of nitrogens with one attached hydrogen (secondary N) is 1. The molecular formula is C13H7ClN4O2. The van der Waals surface area contributed by atoms with Crippen molar-refractivity contribution in [2.45, 2.75) is 5.92 Å². The van der Waals surface area contributed by atoms with Crippen LogP contribution in [-0.4, -0.2) is 21.6 Å². The molecule has 1 N–H and O–H groups in total. The predicted molar refractivity (Wildman–Crippen MR) is 70.4 cm³/mol. The topological polar surface area (TPSA) is 87.8 Å². The number of amides is 1. The van der Waals surface area contributed by atoms with Crippen molar-refractivity contribution in [1.82, 2.24) is 9.78 Å². The smallest absolute Gasteiger partial charge is 0.265 e. The summed E-state index contributed by atoms with van der Waals surface area (Å²) in [5.41, 5.74) is 0.556. The summed E-state index contributed by atoms with van der Waals surface area (Å²) >= 11 is 6.03. The van der Waals surface area contributed by atoms with Crippen LogP contribution in [0.5, 0.6) is 0 Å². The normalized spacial score (nSPS) is 17.3. The Kier molecular flexibility index (Phi) is 2.77. The monoisotopic (exact) mass is 286 g/mol. The van der Waals surface area contributed by atoms with Crippen LogP contribution in [-0.2, 0) is 4.79 Å². The molecule has 0 radical (unpaired) electrons. The van der Waals surface area contributed by atoms with Gasteiger partial charge in [-0.25, -0.2) is 0 Å². The van der Waals surface area contributed by atoms with E-state index in [0.717, 1.165) is 4.68 Å². The van der Waals surface area contributed by atoms with E-state index in [9.17, 15) is 9.59 Å². The predicted octanol–water partition coefficient (Wildman–Crippen LogP) is 1.78. The van der Waals surface area contributed by atoms with Crippen LogP contribution in [0.4, 0.5) is 5.82 Å². The van der Waals surface area contributed by atoms with Crippen molar-refractivity contribution in [3.05, 3.63) is 46.6 Å². The van der Waals surface area contributed by atoms with Gasteiger partial charge in [-0.05, 0) is 11.6 Å². The SMILES string of the molecule is N#Cc1cnn2c1NC(=O)C(c1ccccc1Cl)C2=O. The molecule has 98 valence electrons. The zero-order valence-electron chi connectivity index (χ0n) is 10.0. The molecule has 0 saturated heterocycles. The average molecular weight is 287 g/mol. The van der Waals surface area contributed by atoms with Crippen LogP contribution in [0.3, 0.4) is 0 Å². The molecule has 1 aliphatic heterocycles. The molecule has 20 heavy (non-hydrogen) atoms. The van der Waals surface area contributed by atoms with Crippen molar-refractivity contribution in [2.75, 3.05) is 5.32 Å². The number of nitrogens with zero attached hydrogens (tertiary/aromatic N) is 3. The second-order valence-electron chi connectivity index (χ2n) is 4.21. The number of hydrogen-bond acceptors (Lipinski definition) is 4. The first-order chi connectivity index (χ1) is 9.63. The largest absolute Gasteiger partial charge is 0.308 e. The maximum absolute atomic E-state index is 12.4. The van der Waals surface area contributed by atoms with Crippen molar-refractivity contribution in [1.29, 1.82) is 5.26 Å². The molecule has 3 rings (SSSR count). The first-order valence-corrected chi connectivity index (χ1v) is 6.09. The summed E-state index contributed by atoms with van der Waals surface area (Å²) in [6.07, 6.45) is 1.24. The van der Waals surface area contributed by atoms with Crippen molar-refractivity contribution in [2.24, 2.45) is 0 Å². The minimum Gasteiger partial charge on any atom is -0.308 e. The Morgan fingerprint density at radius 2 is 2.10 bits per heavy atom. The van der Waals surface area contributed by atoms with Crippen LogP contribution in [0, 0.1) is 11.3 Å². The molecule has 0 fully saturated rings. The molecule has 0 saturated carbocycles. The van der Waals surface area contributed by atoms with Crippen LogP contribution >= 0.6 is 11.6 Å². The number of hydrogen-bond donors (Lipinski definition) is 1. The van der Waals surface area contributed by atoms with Crippen molar-refractivity contribution in [3.63, 3.8) is 0 Å². The molecule has 6 nitrogen and oxygen atoms in total. The molecule has 1 aliphatic rings. The van der Waals surface area contributed by atoms with E-state index in [-0.39, 0.29) is 11.4 Å². The highest BCUT2D eigenvalue weighted by Gasteiger charge is 2.38. The summed E-state index contributed by atoms with van der Waals surface area (Å²) in [4.78, 5) is 24.5. The van der Waals surface area contributed by atoms with E-state index in [2.05, 4.69) is 10.4 Å². The summed E-state index contributed by atoms with van der Waals surface area (Å²) in [6, 6.07) is 8.50. The second kappa shape index (κ2) is 4.47. The van der Waals surface area contributed by atoms with Gasteiger partial charge < -0.3 is 5.32 Å². The van der Waals surface area contributed by atoms with E-state index >= 15 is 0 Å². The molecule has 0 aliphatic carbocycles. The lowest BCUT2D eigenvalue weighted by molar-refractivity contribution is -0.117. The minimum absolute atomic E-state index is 0.103. The van der Waals surface area contributed by atoms with Crippen LogP contribution in [0.15, 0.2) is 30.5 Å².